The van der Waals surface area contributed by atoms with Crippen LogP contribution in [0.25, 0.3) is 0 Å². The molecule has 2 heterocycles. The van der Waals surface area contributed by atoms with Gasteiger partial charge in [0.25, 0.3) is 11.8 Å². The maximum Gasteiger partial charge on any atom is 0.263 e. The minimum absolute atomic E-state index is 0.0414. The van der Waals surface area contributed by atoms with Crippen molar-refractivity contribution < 1.29 is 18.3 Å². The van der Waals surface area contributed by atoms with E-state index in [0.29, 0.717) is 23.0 Å². The summed E-state index contributed by atoms with van der Waals surface area (Å²) in [5.41, 5.74) is 0.600. The zero-order valence-corrected chi connectivity index (χ0v) is 17.4. The van der Waals surface area contributed by atoms with E-state index in [1.807, 2.05) is 11.8 Å². The summed E-state index contributed by atoms with van der Waals surface area (Å²) in [7, 11) is 0. The molecule has 2 aromatic carbocycles. The van der Waals surface area contributed by atoms with Crippen LogP contribution in [-0.2, 0) is 6.54 Å². The first-order valence-corrected chi connectivity index (χ1v) is 10.9. The lowest BCUT2D eigenvalue weighted by molar-refractivity contribution is 0.0950. The number of carbonyl (C=O) groups is 1. The zero-order chi connectivity index (χ0) is 21.6. The zero-order valence-electron chi connectivity index (χ0n) is 16.6. The molecule has 1 aliphatic rings. The fourth-order valence-electron chi connectivity index (χ4n) is 3.11. The highest BCUT2D eigenvalue weighted by Crippen LogP contribution is 2.29. The number of benzene rings is 2. The molecule has 0 spiro atoms. The van der Waals surface area contributed by atoms with E-state index in [1.54, 1.807) is 36.7 Å². The van der Waals surface area contributed by atoms with Gasteiger partial charge in [0.05, 0.1) is 0 Å². The third-order valence-corrected chi connectivity index (χ3v) is 5.69. The number of amides is 1. The molecule has 160 valence electrons. The van der Waals surface area contributed by atoms with Gasteiger partial charge in [-0.2, -0.15) is 11.8 Å². The number of hydrogen-bond acceptors (Lipinski definition) is 6. The van der Waals surface area contributed by atoms with Gasteiger partial charge in [0.1, 0.15) is 17.4 Å². The van der Waals surface area contributed by atoms with Gasteiger partial charge in [-0.05, 0) is 30.3 Å². The lowest BCUT2D eigenvalue weighted by Crippen LogP contribution is -2.33. The second-order valence-corrected chi connectivity index (χ2v) is 8.05. The second-order valence-electron chi connectivity index (χ2n) is 6.83. The molecule has 0 bridgehead atoms. The number of nitrogens with one attached hydrogen (secondary N) is 1. The summed E-state index contributed by atoms with van der Waals surface area (Å²) in [5.74, 6) is 1.97. The highest BCUT2D eigenvalue weighted by molar-refractivity contribution is 7.99. The molecule has 0 unspecified atom stereocenters. The largest absolute Gasteiger partial charge is 0.436 e. The van der Waals surface area contributed by atoms with Crippen molar-refractivity contribution in [3.05, 3.63) is 77.6 Å². The van der Waals surface area contributed by atoms with E-state index in [-0.39, 0.29) is 18.0 Å². The van der Waals surface area contributed by atoms with Crippen LogP contribution in [0.3, 0.4) is 0 Å². The molecule has 9 heteroatoms. The van der Waals surface area contributed by atoms with Crippen LogP contribution in [0, 0.1) is 11.6 Å². The average Bonchev–Trinajstić information content (AvgIpc) is 2.80. The Kier molecular flexibility index (Phi) is 6.61. The Morgan fingerprint density at radius 3 is 2.55 bits per heavy atom. The van der Waals surface area contributed by atoms with Crippen molar-refractivity contribution >= 4 is 23.5 Å². The van der Waals surface area contributed by atoms with Gasteiger partial charge in [-0.1, -0.05) is 6.07 Å². The monoisotopic (exact) mass is 442 g/mol. The Morgan fingerprint density at radius 1 is 1.06 bits per heavy atom. The van der Waals surface area contributed by atoms with Crippen LogP contribution in [0.5, 0.6) is 11.6 Å². The molecule has 1 aliphatic heterocycles. The fraction of sp³-hybridized carbons (Fsp3) is 0.227. The molecule has 0 aliphatic carbocycles. The molecule has 1 fully saturated rings. The first-order valence-electron chi connectivity index (χ1n) is 9.74. The lowest BCUT2D eigenvalue weighted by atomic mass is 10.1. The molecule has 1 aromatic heterocycles. The topological polar surface area (TPSA) is 67.3 Å². The van der Waals surface area contributed by atoms with Gasteiger partial charge >= 0.3 is 0 Å². The predicted octanol–water partition coefficient (Wildman–Crippen LogP) is 4.03. The number of nitrogens with zero attached hydrogens (tertiary/aromatic N) is 3. The van der Waals surface area contributed by atoms with Crippen LogP contribution in [0.2, 0.25) is 0 Å². The maximum absolute atomic E-state index is 13.7. The minimum Gasteiger partial charge on any atom is -0.436 e. The Hall–Kier alpha value is -3.20. The Labute approximate surface area is 182 Å². The Bertz CT molecular complexity index is 1060. The smallest absolute Gasteiger partial charge is 0.263 e. The average molecular weight is 442 g/mol. The molecule has 0 atom stereocenters. The summed E-state index contributed by atoms with van der Waals surface area (Å²) in [4.78, 5) is 23.2. The van der Waals surface area contributed by atoms with E-state index in [9.17, 15) is 13.6 Å². The summed E-state index contributed by atoms with van der Waals surface area (Å²) in [6, 6.07) is 9.80. The number of halogens is 2. The molecule has 1 N–H and O–H groups in total. The van der Waals surface area contributed by atoms with Crippen molar-refractivity contribution in [1.82, 2.24) is 15.3 Å². The van der Waals surface area contributed by atoms with Crippen molar-refractivity contribution in [2.24, 2.45) is 0 Å². The number of hydrogen-bond donors (Lipinski definition) is 1. The first kappa shape index (κ1) is 21.0. The third-order valence-electron chi connectivity index (χ3n) is 4.74. The van der Waals surface area contributed by atoms with E-state index < -0.39 is 11.6 Å². The number of rotatable bonds is 6. The number of anilines is 1. The number of aromatic nitrogens is 2. The summed E-state index contributed by atoms with van der Waals surface area (Å²) < 4.78 is 32.6. The number of ether oxygens (including phenoxy) is 1. The van der Waals surface area contributed by atoms with Gasteiger partial charge in [0.15, 0.2) is 5.82 Å². The van der Waals surface area contributed by atoms with Crippen LogP contribution in [0.15, 0.2) is 54.9 Å². The highest BCUT2D eigenvalue weighted by Gasteiger charge is 2.18. The summed E-state index contributed by atoms with van der Waals surface area (Å²) in [5, 5.41) is 2.62. The SMILES string of the molecule is O=C(NCc1ccc(F)cc1F)c1ccc(Oc2nccnc2N2CCSCC2)cc1. The van der Waals surface area contributed by atoms with Gasteiger partial charge in [-0.3, -0.25) is 4.79 Å². The molecular weight excluding hydrogens is 422 g/mol. The fourth-order valence-corrected chi connectivity index (χ4v) is 4.01. The molecule has 3 aromatic rings. The summed E-state index contributed by atoms with van der Waals surface area (Å²) in [6.07, 6.45) is 3.22. The van der Waals surface area contributed by atoms with Crippen LogP contribution in [-0.4, -0.2) is 40.5 Å². The normalized spacial score (nSPS) is 13.7. The first-order chi connectivity index (χ1) is 15.1. The third kappa shape index (κ3) is 5.29. The quantitative estimate of drug-likeness (QED) is 0.622. The minimum atomic E-state index is -0.698. The molecule has 4 rings (SSSR count). The molecule has 0 radical (unpaired) electrons. The maximum atomic E-state index is 13.7. The van der Waals surface area contributed by atoms with Crippen molar-refractivity contribution in [1.29, 1.82) is 0 Å². The predicted molar refractivity (Wildman–Crippen MR) is 116 cm³/mol. The summed E-state index contributed by atoms with van der Waals surface area (Å²) >= 11 is 1.91. The van der Waals surface area contributed by atoms with Gasteiger partial charge in [-0.25, -0.2) is 18.7 Å². The number of thioether (sulfide) groups is 1. The Balaban J connectivity index is 1.40. The van der Waals surface area contributed by atoms with E-state index >= 15 is 0 Å². The van der Waals surface area contributed by atoms with E-state index in [4.69, 9.17) is 4.74 Å². The van der Waals surface area contributed by atoms with Gasteiger partial charge < -0.3 is 15.0 Å². The van der Waals surface area contributed by atoms with E-state index in [2.05, 4.69) is 20.2 Å². The van der Waals surface area contributed by atoms with Gasteiger partial charge in [0.2, 0.25) is 0 Å². The number of carbonyl (C=O) groups excluding carboxylic acids is 1. The highest BCUT2D eigenvalue weighted by atomic mass is 32.2. The van der Waals surface area contributed by atoms with Crippen molar-refractivity contribution in [3.8, 4) is 11.6 Å². The van der Waals surface area contributed by atoms with Gasteiger partial charge in [0, 0.05) is 60.7 Å². The van der Waals surface area contributed by atoms with Crippen LogP contribution in [0.1, 0.15) is 15.9 Å². The van der Waals surface area contributed by atoms with E-state index in [1.165, 1.54) is 6.07 Å². The second kappa shape index (κ2) is 9.74. The van der Waals surface area contributed by atoms with Crippen LogP contribution in [0.4, 0.5) is 14.6 Å². The van der Waals surface area contributed by atoms with Crippen LogP contribution >= 0.6 is 11.8 Å². The lowest BCUT2D eigenvalue weighted by Gasteiger charge is -2.28. The molecule has 31 heavy (non-hydrogen) atoms. The summed E-state index contributed by atoms with van der Waals surface area (Å²) in [6.45, 7) is 1.72. The van der Waals surface area contributed by atoms with Crippen molar-refractivity contribution in [2.45, 2.75) is 6.54 Å². The van der Waals surface area contributed by atoms with E-state index in [0.717, 1.165) is 36.7 Å². The molecule has 1 saturated heterocycles. The molecule has 6 nitrogen and oxygen atoms in total. The van der Waals surface area contributed by atoms with Gasteiger partial charge in [-0.15, -0.1) is 0 Å². The standard InChI is InChI=1S/C22H20F2N4O2S/c23-17-4-1-16(19(24)13-17)14-27-21(29)15-2-5-18(6-3-15)30-22-20(25-7-8-26-22)28-9-11-31-12-10-28/h1-8,13H,9-12,14H2,(H,27,29). The Morgan fingerprint density at radius 2 is 1.81 bits per heavy atom. The van der Waals surface area contributed by atoms with Crippen molar-refractivity contribution in [3.63, 3.8) is 0 Å². The molecule has 0 saturated carbocycles. The van der Waals surface area contributed by atoms with Crippen molar-refractivity contribution in [2.75, 3.05) is 29.5 Å². The molecular formula is C22H20F2N4O2S. The molecule has 1 amide bonds. The van der Waals surface area contributed by atoms with Crippen LogP contribution < -0.4 is 15.0 Å².